The predicted octanol–water partition coefficient (Wildman–Crippen LogP) is 8.18. The number of rotatable bonds is 11. The summed E-state index contributed by atoms with van der Waals surface area (Å²) in [6.45, 7) is 2.37. The zero-order valence-electron chi connectivity index (χ0n) is 21.4. The van der Waals surface area contributed by atoms with E-state index in [1.165, 1.54) is 5.56 Å². The number of aliphatic carboxylic acids is 1. The Hall–Kier alpha value is -4.51. The lowest BCUT2D eigenvalue weighted by atomic mass is 9.96. The molecule has 38 heavy (non-hydrogen) atoms. The van der Waals surface area contributed by atoms with Crippen LogP contribution < -0.4 is 10.1 Å². The number of carboxylic acids is 1. The molecule has 5 aromatic rings. The van der Waals surface area contributed by atoms with Gasteiger partial charge in [0, 0.05) is 40.7 Å². The van der Waals surface area contributed by atoms with Crippen molar-refractivity contribution in [2.24, 2.45) is 0 Å². The van der Waals surface area contributed by atoms with Crippen molar-refractivity contribution >= 4 is 22.6 Å². The van der Waals surface area contributed by atoms with Crippen LogP contribution in [-0.4, -0.2) is 17.7 Å². The van der Waals surface area contributed by atoms with Gasteiger partial charge in [-0.1, -0.05) is 92.2 Å². The zero-order valence-corrected chi connectivity index (χ0v) is 21.4. The molecule has 0 saturated heterocycles. The van der Waals surface area contributed by atoms with Crippen molar-refractivity contribution in [2.75, 3.05) is 11.9 Å². The highest BCUT2D eigenvalue weighted by atomic mass is 16.5. The second-order valence-corrected chi connectivity index (χ2v) is 9.27. The van der Waals surface area contributed by atoms with Crippen LogP contribution in [0.3, 0.4) is 0 Å². The molecule has 0 amide bonds. The summed E-state index contributed by atoms with van der Waals surface area (Å²) in [6, 6.07) is 32.1. The van der Waals surface area contributed by atoms with Crippen LogP contribution in [-0.2, 0) is 17.8 Å². The summed E-state index contributed by atoms with van der Waals surface area (Å²) in [7, 11) is 0. The molecule has 0 aliphatic rings. The molecule has 5 rings (SSSR count). The Morgan fingerprint density at radius 2 is 1.47 bits per heavy atom. The highest BCUT2D eigenvalue weighted by Gasteiger charge is 2.18. The van der Waals surface area contributed by atoms with Crippen molar-refractivity contribution in [3.05, 3.63) is 108 Å². The minimum atomic E-state index is -1.02. The topological polar surface area (TPSA) is 71.7 Å². The monoisotopic (exact) mass is 505 g/mol. The van der Waals surface area contributed by atoms with Gasteiger partial charge in [-0.05, 0) is 35.7 Å². The van der Waals surface area contributed by atoms with Gasteiger partial charge in [-0.25, -0.2) is 4.79 Å². The van der Waals surface area contributed by atoms with Gasteiger partial charge in [0.05, 0.1) is 0 Å². The van der Waals surface area contributed by atoms with Crippen molar-refractivity contribution in [1.82, 2.24) is 0 Å². The van der Waals surface area contributed by atoms with E-state index in [4.69, 9.17) is 9.15 Å². The third-order valence-electron chi connectivity index (χ3n) is 6.61. The van der Waals surface area contributed by atoms with Crippen molar-refractivity contribution in [3.8, 4) is 28.0 Å². The zero-order chi connectivity index (χ0) is 26.3. The Kier molecular flexibility index (Phi) is 7.74. The number of hydrogen-bond donors (Lipinski definition) is 2. The third kappa shape index (κ3) is 5.57. The summed E-state index contributed by atoms with van der Waals surface area (Å²) in [5, 5.41) is 14.1. The maximum Gasteiger partial charge on any atom is 0.341 e. The number of benzene rings is 4. The summed E-state index contributed by atoms with van der Waals surface area (Å²) in [5.41, 5.74) is 6.55. The molecular weight excluding hydrogens is 474 g/mol. The lowest BCUT2D eigenvalue weighted by molar-refractivity contribution is -0.139. The van der Waals surface area contributed by atoms with Gasteiger partial charge in [-0.2, -0.15) is 0 Å². The fraction of sp³-hybridized carbons (Fsp3) is 0.182. The van der Waals surface area contributed by atoms with Crippen LogP contribution in [0, 0.1) is 0 Å². The van der Waals surface area contributed by atoms with Crippen molar-refractivity contribution < 1.29 is 19.1 Å². The first kappa shape index (κ1) is 25.2. The van der Waals surface area contributed by atoms with E-state index in [0.29, 0.717) is 12.3 Å². The molecule has 1 aromatic heterocycles. The van der Waals surface area contributed by atoms with Crippen LogP contribution in [0.4, 0.5) is 5.69 Å². The summed E-state index contributed by atoms with van der Waals surface area (Å²) in [6.07, 6.45) is 3.07. The van der Waals surface area contributed by atoms with E-state index in [2.05, 4.69) is 18.3 Å². The van der Waals surface area contributed by atoms with Gasteiger partial charge in [-0.3, -0.25) is 0 Å². The van der Waals surface area contributed by atoms with Gasteiger partial charge in [0.15, 0.2) is 6.61 Å². The van der Waals surface area contributed by atoms with Gasteiger partial charge in [0.25, 0.3) is 0 Å². The Morgan fingerprint density at radius 3 is 2.08 bits per heavy atom. The summed E-state index contributed by atoms with van der Waals surface area (Å²) in [5.74, 6) is 0.554. The highest BCUT2D eigenvalue weighted by Crippen LogP contribution is 2.42. The van der Waals surface area contributed by atoms with E-state index in [9.17, 15) is 9.90 Å². The molecular formula is C33H31NO4. The van der Waals surface area contributed by atoms with E-state index in [1.54, 1.807) is 0 Å². The number of anilines is 1. The van der Waals surface area contributed by atoms with Gasteiger partial charge in [0.2, 0.25) is 0 Å². The first-order valence-electron chi connectivity index (χ1n) is 13.0. The van der Waals surface area contributed by atoms with Gasteiger partial charge >= 0.3 is 5.97 Å². The average molecular weight is 506 g/mol. The molecule has 0 bridgehead atoms. The maximum absolute atomic E-state index is 11.4. The van der Waals surface area contributed by atoms with Gasteiger partial charge in [0.1, 0.15) is 17.1 Å². The molecule has 4 aromatic carbocycles. The Morgan fingerprint density at radius 1 is 0.868 bits per heavy atom. The lowest BCUT2D eigenvalue weighted by Crippen LogP contribution is -2.11. The fourth-order valence-corrected chi connectivity index (χ4v) is 4.76. The average Bonchev–Trinajstić information content (AvgIpc) is 3.31. The highest BCUT2D eigenvalue weighted by molar-refractivity contribution is 5.87. The second kappa shape index (κ2) is 11.7. The SMILES string of the molecule is CCCCc1oc2ccccc2c1CNc1cc(-c2ccccc2)c(OCC(=O)O)c(-c2ccccc2)c1. The van der Waals surface area contributed by atoms with Crippen LogP contribution in [0.1, 0.15) is 31.1 Å². The number of unbranched alkanes of at least 4 members (excludes halogenated alkanes) is 1. The normalized spacial score (nSPS) is 11.0. The largest absolute Gasteiger partial charge is 0.481 e. The number of hydrogen-bond acceptors (Lipinski definition) is 4. The molecule has 0 spiro atoms. The molecule has 5 nitrogen and oxygen atoms in total. The molecule has 5 heteroatoms. The fourth-order valence-electron chi connectivity index (χ4n) is 4.76. The number of carbonyl (C=O) groups is 1. The Labute approximate surface area is 222 Å². The maximum atomic E-state index is 11.4. The Balaban J connectivity index is 1.59. The lowest BCUT2D eigenvalue weighted by Gasteiger charge is -2.19. The van der Waals surface area contributed by atoms with Crippen molar-refractivity contribution in [3.63, 3.8) is 0 Å². The summed E-state index contributed by atoms with van der Waals surface area (Å²) >= 11 is 0. The van der Waals surface area contributed by atoms with Crippen LogP contribution in [0.2, 0.25) is 0 Å². The number of fused-ring (bicyclic) bond motifs is 1. The van der Waals surface area contributed by atoms with E-state index in [-0.39, 0.29) is 0 Å². The first-order valence-corrected chi connectivity index (χ1v) is 13.0. The van der Waals surface area contributed by atoms with Crippen molar-refractivity contribution in [1.29, 1.82) is 0 Å². The summed E-state index contributed by atoms with van der Waals surface area (Å²) < 4.78 is 12.2. The molecule has 0 fully saturated rings. The molecule has 0 radical (unpaired) electrons. The number of carboxylic acid groups (broad SMARTS) is 1. The minimum Gasteiger partial charge on any atom is -0.481 e. The molecule has 0 atom stereocenters. The number of aryl methyl sites for hydroxylation is 1. The van der Waals surface area contributed by atoms with E-state index < -0.39 is 12.6 Å². The number of furan rings is 1. The summed E-state index contributed by atoms with van der Waals surface area (Å²) in [4.78, 5) is 11.4. The second-order valence-electron chi connectivity index (χ2n) is 9.27. The molecule has 0 saturated carbocycles. The van der Waals surface area contributed by atoms with Crippen molar-refractivity contribution in [2.45, 2.75) is 32.7 Å². The molecule has 2 N–H and O–H groups in total. The molecule has 1 heterocycles. The molecule has 0 aliphatic heterocycles. The molecule has 192 valence electrons. The Bertz CT molecular complexity index is 1460. The van der Waals surface area contributed by atoms with Gasteiger partial charge in [-0.15, -0.1) is 0 Å². The first-order chi connectivity index (χ1) is 18.6. The number of para-hydroxylation sites is 1. The number of nitrogens with one attached hydrogen (secondary N) is 1. The van der Waals surface area contributed by atoms with Crippen LogP contribution in [0.5, 0.6) is 5.75 Å². The van der Waals surface area contributed by atoms with Crippen LogP contribution in [0.25, 0.3) is 33.2 Å². The quantitative estimate of drug-likeness (QED) is 0.189. The predicted molar refractivity (Wildman–Crippen MR) is 153 cm³/mol. The van der Waals surface area contributed by atoms with E-state index >= 15 is 0 Å². The minimum absolute atomic E-state index is 0.422. The third-order valence-corrected chi connectivity index (χ3v) is 6.61. The van der Waals surface area contributed by atoms with Gasteiger partial charge < -0.3 is 19.6 Å². The number of ether oxygens (including phenoxy) is 1. The van der Waals surface area contributed by atoms with Crippen LogP contribution in [0.15, 0.2) is 101 Å². The van der Waals surface area contributed by atoms with E-state index in [0.717, 1.165) is 63.9 Å². The van der Waals surface area contributed by atoms with Crippen LogP contribution >= 0.6 is 0 Å². The smallest absolute Gasteiger partial charge is 0.341 e. The molecule has 0 aliphatic carbocycles. The molecule has 0 unspecified atom stereocenters. The van der Waals surface area contributed by atoms with E-state index in [1.807, 2.05) is 91.0 Å². The standard InChI is InChI=1S/C33H31NO4/c1-2-3-17-31-29(26-16-10-11-18-30(26)38-31)21-34-25-19-27(23-12-6-4-7-13-23)33(37-22-32(35)36)28(20-25)24-14-8-5-9-15-24/h4-16,18-20,34H,2-3,17,21-22H2,1H3,(H,35,36).